The molecule has 0 saturated heterocycles. The highest BCUT2D eigenvalue weighted by Gasteiger charge is 2.23. The molecule has 2 aromatic rings. The summed E-state index contributed by atoms with van der Waals surface area (Å²) >= 11 is 6.38. The number of aldehydes is 1. The normalized spacial score (nSPS) is 16.2. The average Bonchev–Trinajstić information content (AvgIpc) is 2.86. The molecule has 104 valence electrons. The summed E-state index contributed by atoms with van der Waals surface area (Å²) in [7, 11) is 0. The van der Waals surface area contributed by atoms with Gasteiger partial charge < -0.3 is 0 Å². The molecule has 0 amide bonds. The summed E-state index contributed by atoms with van der Waals surface area (Å²) in [5.41, 5.74) is 2.13. The molecule has 1 aliphatic carbocycles. The minimum Gasteiger partial charge on any atom is -0.298 e. The van der Waals surface area contributed by atoms with Crippen molar-refractivity contribution in [2.24, 2.45) is 0 Å². The summed E-state index contributed by atoms with van der Waals surface area (Å²) in [6.07, 6.45) is 6.69. The first kappa shape index (κ1) is 13.4. The standard InChI is InChI=1S/C16H17ClN2O/c17-16-14(11-20)15(12-7-3-1-4-8-12)18-19(16)13-9-5-2-6-10-13/h1,3-4,7-8,11,13H,2,5-6,9-10H2. The predicted molar refractivity (Wildman–Crippen MR) is 80.2 cm³/mol. The summed E-state index contributed by atoms with van der Waals surface area (Å²) in [6.45, 7) is 0. The molecule has 20 heavy (non-hydrogen) atoms. The van der Waals surface area contributed by atoms with E-state index >= 15 is 0 Å². The maximum atomic E-state index is 11.4. The van der Waals surface area contributed by atoms with Crippen LogP contribution in [0.1, 0.15) is 48.5 Å². The molecule has 1 fully saturated rings. The van der Waals surface area contributed by atoms with Gasteiger partial charge in [-0.3, -0.25) is 4.79 Å². The van der Waals surface area contributed by atoms with E-state index in [2.05, 4.69) is 5.10 Å². The van der Waals surface area contributed by atoms with E-state index in [4.69, 9.17) is 11.6 Å². The van der Waals surface area contributed by atoms with Gasteiger partial charge in [0.1, 0.15) is 10.8 Å². The lowest BCUT2D eigenvalue weighted by atomic mass is 9.96. The molecule has 0 bridgehead atoms. The monoisotopic (exact) mass is 288 g/mol. The SMILES string of the molecule is O=Cc1c(-c2ccccc2)nn(C2CCCCC2)c1Cl. The molecule has 1 aliphatic rings. The Balaban J connectivity index is 2.05. The molecule has 1 aromatic carbocycles. The number of aromatic nitrogens is 2. The number of rotatable bonds is 3. The number of hydrogen-bond donors (Lipinski definition) is 0. The fourth-order valence-electron chi connectivity index (χ4n) is 2.91. The number of hydrogen-bond acceptors (Lipinski definition) is 2. The second-order valence-corrected chi connectivity index (χ2v) is 5.63. The number of benzene rings is 1. The van der Waals surface area contributed by atoms with Crippen LogP contribution in [0.25, 0.3) is 11.3 Å². The van der Waals surface area contributed by atoms with Gasteiger partial charge >= 0.3 is 0 Å². The van der Waals surface area contributed by atoms with Gasteiger partial charge in [0.2, 0.25) is 0 Å². The van der Waals surface area contributed by atoms with Crippen LogP contribution in [0.15, 0.2) is 30.3 Å². The quantitative estimate of drug-likeness (QED) is 0.778. The van der Waals surface area contributed by atoms with Crippen molar-refractivity contribution in [1.29, 1.82) is 0 Å². The Bertz CT molecular complexity index is 600. The zero-order valence-electron chi connectivity index (χ0n) is 11.3. The number of carbonyl (C=O) groups excluding carboxylic acids is 1. The Hall–Kier alpha value is -1.61. The van der Waals surface area contributed by atoms with Crippen LogP contribution in [0, 0.1) is 0 Å². The molecule has 0 aliphatic heterocycles. The first-order valence-corrected chi connectivity index (χ1v) is 7.47. The van der Waals surface area contributed by atoms with Crippen molar-refractivity contribution < 1.29 is 4.79 Å². The first-order valence-electron chi connectivity index (χ1n) is 7.10. The van der Waals surface area contributed by atoms with Crippen LogP contribution in [0.5, 0.6) is 0 Å². The topological polar surface area (TPSA) is 34.9 Å². The van der Waals surface area contributed by atoms with Crippen molar-refractivity contribution >= 4 is 17.9 Å². The van der Waals surface area contributed by atoms with E-state index in [9.17, 15) is 4.79 Å². The second-order valence-electron chi connectivity index (χ2n) is 5.27. The van der Waals surface area contributed by atoms with Crippen molar-refractivity contribution in [1.82, 2.24) is 9.78 Å². The molecular formula is C16H17ClN2O. The van der Waals surface area contributed by atoms with Gasteiger partial charge in [0.25, 0.3) is 0 Å². The van der Waals surface area contributed by atoms with E-state index in [1.165, 1.54) is 19.3 Å². The number of halogens is 1. The Kier molecular flexibility index (Phi) is 3.88. The lowest BCUT2D eigenvalue weighted by Crippen LogP contribution is -2.14. The third kappa shape index (κ3) is 2.38. The Labute approximate surface area is 123 Å². The van der Waals surface area contributed by atoms with E-state index in [0.717, 1.165) is 24.7 Å². The second kappa shape index (κ2) is 5.80. The van der Waals surface area contributed by atoms with Gasteiger partial charge in [0.05, 0.1) is 11.6 Å². The smallest absolute Gasteiger partial charge is 0.155 e. The van der Waals surface area contributed by atoms with E-state index in [1.807, 2.05) is 35.0 Å². The molecule has 4 heteroatoms. The van der Waals surface area contributed by atoms with Crippen LogP contribution < -0.4 is 0 Å². The van der Waals surface area contributed by atoms with Crippen LogP contribution in [0.4, 0.5) is 0 Å². The van der Waals surface area contributed by atoms with Crippen molar-refractivity contribution in [3.05, 3.63) is 41.0 Å². The fourth-order valence-corrected chi connectivity index (χ4v) is 3.22. The average molecular weight is 289 g/mol. The van der Waals surface area contributed by atoms with Gasteiger partial charge in [-0.15, -0.1) is 0 Å². The molecular weight excluding hydrogens is 272 g/mol. The van der Waals surface area contributed by atoms with Gasteiger partial charge in [-0.25, -0.2) is 4.68 Å². The van der Waals surface area contributed by atoms with Crippen molar-refractivity contribution in [2.75, 3.05) is 0 Å². The van der Waals surface area contributed by atoms with Gasteiger partial charge in [-0.1, -0.05) is 61.2 Å². The fraction of sp³-hybridized carbons (Fsp3) is 0.375. The Morgan fingerprint density at radius 3 is 2.50 bits per heavy atom. The summed E-state index contributed by atoms with van der Waals surface area (Å²) in [5, 5.41) is 5.11. The third-order valence-corrected chi connectivity index (χ3v) is 4.35. The maximum Gasteiger partial charge on any atom is 0.155 e. The molecule has 1 heterocycles. The van der Waals surface area contributed by atoms with Crippen LogP contribution in [0.3, 0.4) is 0 Å². The number of nitrogens with zero attached hydrogens (tertiary/aromatic N) is 2. The van der Waals surface area contributed by atoms with Crippen LogP contribution in [0.2, 0.25) is 5.15 Å². The number of carbonyl (C=O) groups is 1. The van der Waals surface area contributed by atoms with Gasteiger partial charge in [-0.05, 0) is 12.8 Å². The van der Waals surface area contributed by atoms with Crippen LogP contribution >= 0.6 is 11.6 Å². The van der Waals surface area contributed by atoms with Crippen molar-refractivity contribution in [2.45, 2.75) is 38.1 Å². The van der Waals surface area contributed by atoms with Gasteiger partial charge in [-0.2, -0.15) is 5.10 Å². The zero-order chi connectivity index (χ0) is 13.9. The van der Waals surface area contributed by atoms with Crippen molar-refractivity contribution in [3.63, 3.8) is 0 Å². The first-order chi connectivity index (χ1) is 9.81. The van der Waals surface area contributed by atoms with Crippen LogP contribution in [-0.2, 0) is 0 Å². The highest BCUT2D eigenvalue weighted by molar-refractivity contribution is 6.32. The largest absolute Gasteiger partial charge is 0.298 e. The highest BCUT2D eigenvalue weighted by atomic mass is 35.5. The molecule has 0 unspecified atom stereocenters. The lowest BCUT2D eigenvalue weighted by molar-refractivity contribution is 0.112. The molecule has 3 rings (SSSR count). The van der Waals surface area contributed by atoms with Crippen LogP contribution in [-0.4, -0.2) is 16.1 Å². The highest BCUT2D eigenvalue weighted by Crippen LogP contribution is 2.34. The molecule has 0 spiro atoms. The molecule has 0 N–H and O–H groups in total. The third-order valence-electron chi connectivity index (χ3n) is 3.97. The van der Waals surface area contributed by atoms with E-state index in [0.29, 0.717) is 22.5 Å². The molecule has 1 saturated carbocycles. The van der Waals surface area contributed by atoms with Gasteiger partial charge in [0, 0.05) is 5.56 Å². The zero-order valence-corrected chi connectivity index (χ0v) is 12.0. The van der Waals surface area contributed by atoms with E-state index in [1.54, 1.807) is 0 Å². The Morgan fingerprint density at radius 2 is 1.85 bits per heavy atom. The minimum absolute atomic E-state index is 0.326. The minimum atomic E-state index is 0.326. The Morgan fingerprint density at radius 1 is 1.15 bits per heavy atom. The summed E-state index contributed by atoms with van der Waals surface area (Å²) < 4.78 is 1.85. The van der Waals surface area contributed by atoms with Gasteiger partial charge in [0.15, 0.2) is 6.29 Å². The molecule has 0 radical (unpaired) electrons. The summed E-state index contributed by atoms with van der Waals surface area (Å²) in [4.78, 5) is 11.4. The van der Waals surface area contributed by atoms with E-state index < -0.39 is 0 Å². The molecule has 0 atom stereocenters. The van der Waals surface area contributed by atoms with Crippen molar-refractivity contribution in [3.8, 4) is 11.3 Å². The predicted octanol–water partition coefficient (Wildman–Crippen LogP) is 4.52. The summed E-state index contributed by atoms with van der Waals surface area (Å²) in [5.74, 6) is 0. The summed E-state index contributed by atoms with van der Waals surface area (Å²) in [6, 6.07) is 10.1. The van der Waals surface area contributed by atoms with E-state index in [-0.39, 0.29) is 0 Å². The molecule has 1 aromatic heterocycles. The molecule has 3 nitrogen and oxygen atoms in total. The maximum absolute atomic E-state index is 11.4. The lowest BCUT2D eigenvalue weighted by Gasteiger charge is -2.22.